The monoisotopic (exact) mass is 318 g/mol. The Morgan fingerprint density at radius 3 is 2.61 bits per heavy atom. The smallest absolute Gasteiger partial charge is 0.357 e. The highest BCUT2D eigenvalue weighted by Gasteiger charge is 2.24. The summed E-state index contributed by atoms with van der Waals surface area (Å²) in [7, 11) is 3.94. The minimum atomic E-state index is -0.588. The summed E-state index contributed by atoms with van der Waals surface area (Å²) in [6.45, 7) is 3.63. The maximum Gasteiger partial charge on any atom is 0.357 e. The molecule has 2 aromatic rings. The fraction of sp³-hybridized carbons (Fsp3) is 0.438. The van der Waals surface area contributed by atoms with Crippen molar-refractivity contribution in [2.45, 2.75) is 19.9 Å². The van der Waals surface area contributed by atoms with Crippen LogP contribution in [0.1, 0.15) is 13.3 Å². The lowest BCUT2D eigenvalue weighted by Crippen LogP contribution is -2.25. The first-order chi connectivity index (χ1) is 11.0. The van der Waals surface area contributed by atoms with Gasteiger partial charge in [-0.25, -0.2) is 0 Å². The first-order valence-corrected chi connectivity index (χ1v) is 7.65. The van der Waals surface area contributed by atoms with E-state index >= 15 is 0 Å². The van der Waals surface area contributed by atoms with E-state index in [9.17, 15) is 14.9 Å². The standard InChI is InChI=1S/C16H22N4O3/c1-4-19-13-9-6-5-8-12(13)14(15(16(19)21)20(22)23)17-10-7-11-18(2)3/h5-6,8-9,17H,4,7,10-11H2,1-3H3. The Kier molecular flexibility index (Phi) is 5.33. The van der Waals surface area contributed by atoms with Gasteiger partial charge in [0.1, 0.15) is 5.69 Å². The molecule has 7 nitrogen and oxygen atoms in total. The van der Waals surface area contributed by atoms with E-state index in [1.165, 1.54) is 4.57 Å². The van der Waals surface area contributed by atoms with Gasteiger partial charge < -0.3 is 14.8 Å². The molecular weight excluding hydrogens is 296 g/mol. The van der Waals surface area contributed by atoms with E-state index in [2.05, 4.69) is 5.32 Å². The van der Waals surface area contributed by atoms with Gasteiger partial charge >= 0.3 is 11.2 Å². The number of hydrogen-bond donors (Lipinski definition) is 1. The maximum atomic E-state index is 12.5. The number of nitrogens with one attached hydrogen (secondary N) is 1. The fourth-order valence-corrected chi connectivity index (χ4v) is 2.66. The van der Waals surface area contributed by atoms with Gasteiger partial charge in [0.25, 0.3) is 0 Å². The number of aryl methyl sites for hydroxylation is 1. The van der Waals surface area contributed by atoms with Crippen LogP contribution in [0.4, 0.5) is 11.4 Å². The summed E-state index contributed by atoms with van der Waals surface area (Å²) in [5.74, 6) is 0. The summed E-state index contributed by atoms with van der Waals surface area (Å²) in [5, 5.41) is 15.2. The third-order valence-corrected chi connectivity index (χ3v) is 3.73. The zero-order chi connectivity index (χ0) is 17.0. The van der Waals surface area contributed by atoms with Crippen molar-refractivity contribution in [2.75, 3.05) is 32.5 Å². The maximum absolute atomic E-state index is 12.5. The molecule has 0 saturated carbocycles. The van der Waals surface area contributed by atoms with Crippen molar-refractivity contribution in [1.29, 1.82) is 0 Å². The van der Waals surface area contributed by atoms with Gasteiger partial charge in [-0.05, 0) is 40.1 Å². The molecule has 0 spiro atoms. The van der Waals surface area contributed by atoms with E-state index in [0.717, 1.165) is 13.0 Å². The first kappa shape index (κ1) is 17.0. The molecule has 0 aliphatic heterocycles. The average Bonchev–Trinajstić information content (AvgIpc) is 2.50. The number of aromatic nitrogens is 1. The summed E-state index contributed by atoms with van der Waals surface area (Å²) in [6.07, 6.45) is 0.829. The van der Waals surface area contributed by atoms with Crippen molar-refractivity contribution in [3.8, 4) is 0 Å². The number of hydrogen-bond acceptors (Lipinski definition) is 5. The summed E-state index contributed by atoms with van der Waals surface area (Å²) >= 11 is 0. The molecule has 0 aliphatic carbocycles. The van der Waals surface area contributed by atoms with Crippen molar-refractivity contribution in [1.82, 2.24) is 9.47 Å². The van der Waals surface area contributed by atoms with Crippen molar-refractivity contribution < 1.29 is 4.92 Å². The van der Waals surface area contributed by atoms with Crippen LogP contribution in [0.5, 0.6) is 0 Å². The van der Waals surface area contributed by atoms with Crippen LogP contribution in [-0.2, 0) is 6.54 Å². The summed E-state index contributed by atoms with van der Waals surface area (Å²) in [6, 6.07) is 7.27. The molecule has 1 N–H and O–H groups in total. The molecule has 0 aliphatic rings. The third-order valence-electron chi connectivity index (χ3n) is 3.73. The number of nitro groups is 1. The van der Waals surface area contributed by atoms with E-state index < -0.39 is 10.5 Å². The van der Waals surface area contributed by atoms with Crippen molar-refractivity contribution in [3.05, 3.63) is 44.7 Å². The fourth-order valence-electron chi connectivity index (χ4n) is 2.66. The van der Waals surface area contributed by atoms with Gasteiger partial charge in [0.05, 0.1) is 10.4 Å². The Bertz CT molecular complexity index is 768. The zero-order valence-corrected chi connectivity index (χ0v) is 13.7. The van der Waals surface area contributed by atoms with Gasteiger partial charge in [-0.2, -0.15) is 0 Å². The molecule has 0 atom stereocenters. The van der Waals surface area contributed by atoms with Crippen LogP contribution in [-0.4, -0.2) is 41.6 Å². The van der Waals surface area contributed by atoms with Crippen LogP contribution < -0.4 is 10.9 Å². The van der Waals surface area contributed by atoms with Crippen LogP contribution in [0.25, 0.3) is 10.9 Å². The Hall–Kier alpha value is -2.41. The largest absolute Gasteiger partial charge is 0.379 e. The normalized spacial score (nSPS) is 11.1. The number of nitrogens with zero attached hydrogens (tertiary/aromatic N) is 3. The molecular formula is C16H22N4O3. The highest BCUT2D eigenvalue weighted by molar-refractivity contribution is 5.96. The molecule has 1 heterocycles. The molecule has 0 bridgehead atoms. The predicted octanol–water partition coefficient (Wildman–Crippen LogP) is 2.29. The second-order valence-electron chi connectivity index (χ2n) is 5.63. The van der Waals surface area contributed by atoms with Crippen LogP contribution in [0.2, 0.25) is 0 Å². The topological polar surface area (TPSA) is 80.4 Å². The second kappa shape index (κ2) is 7.23. The highest BCUT2D eigenvalue weighted by atomic mass is 16.6. The van der Waals surface area contributed by atoms with Crippen molar-refractivity contribution in [3.63, 3.8) is 0 Å². The van der Waals surface area contributed by atoms with Crippen LogP contribution in [0, 0.1) is 10.1 Å². The lowest BCUT2D eigenvalue weighted by atomic mass is 10.1. The van der Waals surface area contributed by atoms with Crippen LogP contribution in [0.15, 0.2) is 29.1 Å². The Labute approximate surface area is 134 Å². The van der Waals surface area contributed by atoms with E-state index in [4.69, 9.17) is 0 Å². The Balaban J connectivity index is 2.54. The predicted molar refractivity (Wildman–Crippen MR) is 92.2 cm³/mol. The second-order valence-corrected chi connectivity index (χ2v) is 5.63. The lowest BCUT2D eigenvalue weighted by Gasteiger charge is -2.15. The minimum Gasteiger partial charge on any atom is -0.379 e. The van der Waals surface area contributed by atoms with Crippen LogP contribution in [0.3, 0.4) is 0 Å². The van der Waals surface area contributed by atoms with E-state index in [0.29, 0.717) is 29.7 Å². The van der Waals surface area contributed by atoms with Gasteiger partial charge in [-0.1, -0.05) is 18.2 Å². The summed E-state index contributed by atoms with van der Waals surface area (Å²) < 4.78 is 1.44. The van der Waals surface area contributed by atoms with Gasteiger partial charge in [-0.15, -0.1) is 0 Å². The first-order valence-electron chi connectivity index (χ1n) is 7.65. The number of benzene rings is 1. The van der Waals surface area contributed by atoms with Gasteiger partial charge in [0.15, 0.2) is 0 Å². The van der Waals surface area contributed by atoms with E-state index in [-0.39, 0.29) is 5.69 Å². The number of pyridine rings is 1. The molecule has 1 aromatic heterocycles. The molecule has 23 heavy (non-hydrogen) atoms. The molecule has 2 rings (SSSR count). The van der Waals surface area contributed by atoms with Crippen molar-refractivity contribution >= 4 is 22.3 Å². The molecule has 124 valence electrons. The van der Waals surface area contributed by atoms with E-state index in [1.807, 2.05) is 50.2 Å². The minimum absolute atomic E-state index is 0.319. The van der Waals surface area contributed by atoms with Crippen LogP contribution >= 0.6 is 0 Å². The molecule has 0 fully saturated rings. The average molecular weight is 318 g/mol. The van der Waals surface area contributed by atoms with Gasteiger partial charge in [0.2, 0.25) is 0 Å². The molecule has 0 unspecified atom stereocenters. The quantitative estimate of drug-likeness (QED) is 0.481. The lowest BCUT2D eigenvalue weighted by molar-refractivity contribution is -0.385. The molecule has 0 amide bonds. The third kappa shape index (κ3) is 3.50. The molecule has 1 aromatic carbocycles. The zero-order valence-electron chi connectivity index (χ0n) is 13.7. The number of fused-ring (bicyclic) bond motifs is 1. The SMILES string of the molecule is CCn1c(=O)c([N+](=O)[O-])c(NCCCN(C)C)c2ccccc21. The molecule has 7 heteroatoms. The number of anilines is 1. The summed E-state index contributed by atoms with van der Waals surface area (Å²) in [5.41, 5.74) is 0.0847. The van der Waals surface area contributed by atoms with Crippen molar-refractivity contribution in [2.24, 2.45) is 0 Å². The molecule has 0 radical (unpaired) electrons. The summed E-state index contributed by atoms with van der Waals surface area (Å²) in [4.78, 5) is 25.4. The number of para-hydroxylation sites is 1. The molecule has 0 saturated heterocycles. The highest BCUT2D eigenvalue weighted by Crippen LogP contribution is 2.29. The Morgan fingerprint density at radius 1 is 1.30 bits per heavy atom. The number of rotatable bonds is 7. The van der Waals surface area contributed by atoms with Gasteiger partial charge in [0, 0.05) is 18.5 Å². The van der Waals surface area contributed by atoms with E-state index in [1.54, 1.807) is 0 Å². The Morgan fingerprint density at radius 2 is 2.00 bits per heavy atom. The van der Waals surface area contributed by atoms with Gasteiger partial charge in [-0.3, -0.25) is 14.9 Å².